The molecule has 30 heavy (non-hydrogen) atoms. The summed E-state index contributed by atoms with van der Waals surface area (Å²) in [5.74, 6) is -0.315. The molecular weight excluding hydrogens is 368 g/mol. The summed E-state index contributed by atoms with van der Waals surface area (Å²) in [6.45, 7) is 0. The van der Waals surface area contributed by atoms with Crippen molar-refractivity contribution in [1.82, 2.24) is 0 Å². The number of benzene rings is 6. The highest BCUT2D eigenvalue weighted by Crippen LogP contribution is 2.39. The molecule has 0 spiro atoms. The molecule has 0 saturated heterocycles. The first-order chi connectivity index (χ1) is 14.7. The van der Waals surface area contributed by atoms with Crippen LogP contribution in [0.3, 0.4) is 0 Å². The monoisotopic (exact) mass is 386 g/mol. The average molecular weight is 386 g/mol. The number of hydrogen-bond acceptors (Lipinski definition) is 2. The van der Waals surface area contributed by atoms with Gasteiger partial charge in [-0.15, -0.1) is 0 Å². The van der Waals surface area contributed by atoms with E-state index in [4.69, 9.17) is 4.74 Å². The summed E-state index contributed by atoms with van der Waals surface area (Å²) in [5.41, 5.74) is 0.569. The fraction of sp³-hybridized carbons (Fsp3) is 0.0357. The van der Waals surface area contributed by atoms with Crippen molar-refractivity contribution in [3.8, 4) is 0 Å². The molecule has 0 N–H and O–H groups in total. The van der Waals surface area contributed by atoms with Crippen LogP contribution in [0.1, 0.15) is 10.4 Å². The minimum absolute atomic E-state index is 0.315. The van der Waals surface area contributed by atoms with Crippen LogP contribution >= 0.6 is 0 Å². The molecule has 0 aromatic heterocycles. The highest BCUT2D eigenvalue weighted by molar-refractivity contribution is 6.32. The third-order valence-electron chi connectivity index (χ3n) is 6.11. The van der Waals surface area contributed by atoms with Gasteiger partial charge in [-0.25, -0.2) is 4.79 Å². The minimum Gasteiger partial charge on any atom is -0.465 e. The SMILES string of the molecule is COC(=O)c1ccc2ccc3ccc4ccc5ccc6ccccc6c5c4c3c2c1. The van der Waals surface area contributed by atoms with Crippen molar-refractivity contribution in [3.63, 3.8) is 0 Å². The highest BCUT2D eigenvalue weighted by Gasteiger charge is 2.13. The van der Waals surface area contributed by atoms with E-state index in [1.54, 1.807) is 0 Å². The predicted octanol–water partition coefficient (Wildman–Crippen LogP) is 7.24. The number of rotatable bonds is 1. The van der Waals surface area contributed by atoms with Crippen molar-refractivity contribution in [2.45, 2.75) is 0 Å². The van der Waals surface area contributed by atoms with E-state index >= 15 is 0 Å². The van der Waals surface area contributed by atoms with E-state index in [0.29, 0.717) is 5.56 Å². The first-order valence-corrected chi connectivity index (χ1v) is 10.0. The first-order valence-electron chi connectivity index (χ1n) is 10.0. The molecule has 0 bridgehead atoms. The molecule has 142 valence electrons. The van der Waals surface area contributed by atoms with E-state index in [0.717, 1.165) is 16.2 Å². The summed E-state index contributed by atoms with van der Waals surface area (Å²) in [6.07, 6.45) is 0. The Kier molecular flexibility index (Phi) is 3.57. The summed E-state index contributed by atoms with van der Waals surface area (Å²) >= 11 is 0. The third kappa shape index (κ3) is 2.34. The van der Waals surface area contributed by atoms with Crippen LogP contribution in [-0.2, 0) is 4.74 Å². The summed E-state index contributed by atoms with van der Waals surface area (Å²) in [6, 6.07) is 31.7. The standard InChI is InChI=1S/C28H18O2/c1-30-28(29)22-15-8-18-7-10-20-12-14-21-13-11-19-9-6-17-4-2-3-5-23(17)25(19)27(21)26(20)24(18)16-22/h2-16H,1H3. The summed E-state index contributed by atoms with van der Waals surface area (Å²) < 4.78 is 4.97. The van der Waals surface area contributed by atoms with Gasteiger partial charge in [0.2, 0.25) is 0 Å². The molecule has 0 atom stereocenters. The normalized spacial score (nSPS) is 11.6. The number of carbonyl (C=O) groups is 1. The van der Waals surface area contributed by atoms with Gasteiger partial charge in [-0.1, -0.05) is 78.9 Å². The van der Waals surface area contributed by atoms with E-state index < -0.39 is 0 Å². The topological polar surface area (TPSA) is 26.3 Å². The zero-order valence-electron chi connectivity index (χ0n) is 16.5. The van der Waals surface area contributed by atoms with Gasteiger partial charge in [0.15, 0.2) is 0 Å². The number of carbonyl (C=O) groups excluding carboxylic acids is 1. The van der Waals surface area contributed by atoms with Crippen molar-refractivity contribution in [1.29, 1.82) is 0 Å². The van der Waals surface area contributed by atoms with Crippen LogP contribution in [0.5, 0.6) is 0 Å². The second kappa shape index (κ2) is 6.30. The summed E-state index contributed by atoms with van der Waals surface area (Å²) in [5, 5.41) is 11.9. The molecule has 0 aliphatic carbocycles. The van der Waals surface area contributed by atoms with Crippen LogP contribution in [0.15, 0.2) is 91.0 Å². The molecule has 0 unspecified atom stereocenters. The molecule has 0 heterocycles. The minimum atomic E-state index is -0.315. The molecule has 0 aliphatic heterocycles. The summed E-state index contributed by atoms with van der Waals surface area (Å²) in [7, 11) is 1.42. The van der Waals surface area contributed by atoms with Crippen molar-refractivity contribution in [2.24, 2.45) is 0 Å². The maximum Gasteiger partial charge on any atom is 0.337 e. The van der Waals surface area contributed by atoms with Gasteiger partial charge in [0.05, 0.1) is 12.7 Å². The number of esters is 1. The second-order valence-electron chi connectivity index (χ2n) is 7.71. The average Bonchev–Trinajstić information content (AvgIpc) is 2.82. The molecule has 2 nitrogen and oxygen atoms in total. The predicted molar refractivity (Wildman–Crippen MR) is 125 cm³/mol. The lowest BCUT2D eigenvalue weighted by atomic mass is 9.90. The lowest BCUT2D eigenvalue weighted by Gasteiger charge is -2.13. The van der Waals surface area contributed by atoms with Crippen LogP contribution in [0.25, 0.3) is 53.9 Å². The third-order valence-corrected chi connectivity index (χ3v) is 6.11. The lowest BCUT2D eigenvalue weighted by Crippen LogP contribution is -2.00. The van der Waals surface area contributed by atoms with Gasteiger partial charge in [-0.05, 0) is 66.0 Å². The Labute approximate surface area is 173 Å². The number of ether oxygens (including phenoxy) is 1. The van der Waals surface area contributed by atoms with Gasteiger partial charge in [0.25, 0.3) is 0 Å². The molecule has 0 fully saturated rings. The molecule has 6 aromatic carbocycles. The van der Waals surface area contributed by atoms with Crippen molar-refractivity contribution < 1.29 is 9.53 Å². The van der Waals surface area contributed by atoms with E-state index in [1.807, 2.05) is 18.2 Å². The van der Waals surface area contributed by atoms with Gasteiger partial charge in [0.1, 0.15) is 0 Å². The maximum absolute atomic E-state index is 12.2. The molecule has 0 radical (unpaired) electrons. The summed E-state index contributed by atoms with van der Waals surface area (Å²) in [4.78, 5) is 12.2. The van der Waals surface area contributed by atoms with Gasteiger partial charge >= 0.3 is 5.97 Å². The Hall–Kier alpha value is -3.91. The first kappa shape index (κ1) is 17.0. The van der Waals surface area contributed by atoms with Crippen LogP contribution in [0, 0.1) is 0 Å². The van der Waals surface area contributed by atoms with Crippen molar-refractivity contribution in [2.75, 3.05) is 7.11 Å². The Morgan fingerprint density at radius 1 is 0.567 bits per heavy atom. The quantitative estimate of drug-likeness (QED) is 0.220. The Morgan fingerprint density at radius 2 is 1.07 bits per heavy atom. The molecular formula is C28H18O2. The van der Waals surface area contributed by atoms with E-state index in [9.17, 15) is 4.79 Å². The fourth-order valence-electron chi connectivity index (χ4n) is 4.70. The van der Waals surface area contributed by atoms with Crippen LogP contribution in [0.4, 0.5) is 0 Å². The molecule has 0 amide bonds. The number of fused-ring (bicyclic) bond motifs is 9. The van der Waals surface area contributed by atoms with Crippen LogP contribution in [0.2, 0.25) is 0 Å². The van der Waals surface area contributed by atoms with E-state index in [2.05, 4.69) is 72.8 Å². The van der Waals surface area contributed by atoms with Gasteiger partial charge in [-0.2, -0.15) is 0 Å². The maximum atomic E-state index is 12.2. The van der Waals surface area contributed by atoms with Crippen LogP contribution < -0.4 is 0 Å². The second-order valence-corrected chi connectivity index (χ2v) is 7.71. The Morgan fingerprint density at radius 3 is 1.73 bits per heavy atom. The van der Waals surface area contributed by atoms with Crippen molar-refractivity contribution in [3.05, 3.63) is 96.6 Å². The Bertz CT molecular complexity index is 1630. The smallest absolute Gasteiger partial charge is 0.337 e. The van der Waals surface area contributed by atoms with E-state index in [-0.39, 0.29) is 5.97 Å². The molecule has 0 saturated carbocycles. The highest BCUT2D eigenvalue weighted by atomic mass is 16.5. The zero-order valence-corrected chi connectivity index (χ0v) is 16.5. The van der Waals surface area contributed by atoms with Crippen LogP contribution in [-0.4, -0.2) is 13.1 Å². The van der Waals surface area contributed by atoms with Gasteiger partial charge in [0, 0.05) is 0 Å². The molecule has 0 aliphatic rings. The fourth-order valence-corrected chi connectivity index (χ4v) is 4.70. The van der Waals surface area contributed by atoms with E-state index in [1.165, 1.54) is 44.8 Å². The van der Waals surface area contributed by atoms with Gasteiger partial charge < -0.3 is 4.74 Å². The molecule has 6 aromatic rings. The van der Waals surface area contributed by atoms with Crippen molar-refractivity contribution >= 4 is 59.8 Å². The zero-order chi connectivity index (χ0) is 20.2. The Balaban J connectivity index is 1.92. The molecule has 2 heteroatoms. The van der Waals surface area contributed by atoms with Gasteiger partial charge in [-0.3, -0.25) is 0 Å². The number of methoxy groups -OCH3 is 1. The lowest BCUT2D eigenvalue weighted by molar-refractivity contribution is 0.0601. The number of hydrogen-bond donors (Lipinski definition) is 0. The molecule has 6 rings (SSSR count). The largest absolute Gasteiger partial charge is 0.465 e.